The molecule has 3 N–H and O–H groups in total. The maximum absolute atomic E-state index is 12.7. The van der Waals surface area contributed by atoms with Gasteiger partial charge in [0.05, 0.1) is 22.0 Å². The van der Waals surface area contributed by atoms with E-state index in [1.54, 1.807) is 0 Å². The lowest BCUT2D eigenvalue weighted by atomic mass is 9.92. The highest BCUT2D eigenvalue weighted by molar-refractivity contribution is 7.91. The number of esters is 1. The number of sulfone groups is 2. The SMILES string of the molecule is CS(=O)(=O)c1ccc(C(N)(CO)C(=O)Oc2cc(S(C)(=O)=O)ccc2C=O)cc1. The van der Waals surface area contributed by atoms with E-state index in [9.17, 15) is 31.5 Å². The molecular formula is C18H19NO8S2. The van der Waals surface area contributed by atoms with Gasteiger partial charge in [-0.1, -0.05) is 12.1 Å². The van der Waals surface area contributed by atoms with Gasteiger partial charge in [0.25, 0.3) is 0 Å². The Balaban J connectivity index is 2.45. The molecular weight excluding hydrogens is 422 g/mol. The molecule has 0 fully saturated rings. The number of benzene rings is 2. The van der Waals surface area contributed by atoms with E-state index in [2.05, 4.69) is 0 Å². The minimum Gasteiger partial charge on any atom is -0.424 e. The third-order valence-corrected chi connectivity index (χ3v) is 6.39. The lowest BCUT2D eigenvalue weighted by Gasteiger charge is -2.25. The average molecular weight is 441 g/mol. The fourth-order valence-corrected chi connectivity index (χ4v) is 3.66. The Morgan fingerprint density at radius 2 is 1.55 bits per heavy atom. The molecule has 1 atom stereocenters. The summed E-state index contributed by atoms with van der Waals surface area (Å²) in [5, 5.41) is 9.72. The quantitative estimate of drug-likeness (QED) is 0.344. The van der Waals surface area contributed by atoms with Crippen LogP contribution in [-0.4, -0.2) is 53.3 Å². The molecule has 0 saturated heterocycles. The van der Waals surface area contributed by atoms with E-state index in [1.807, 2.05) is 0 Å². The number of rotatable bonds is 7. The van der Waals surface area contributed by atoms with E-state index in [-0.39, 0.29) is 26.7 Å². The zero-order valence-corrected chi connectivity index (χ0v) is 17.2. The molecule has 0 spiro atoms. The van der Waals surface area contributed by atoms with Gasteiger partial charge in [-0.2, -0.15) is 0 Å². The summed E-state index contributed by atoms with van der Waals surface area (Å²) in [5.74, 6) is -1.51. The van der Waals surface area contributed by atoms with Crippen LogP contribution in [0.25, 0.3) is 0 Å². The van der Waals surface area contributed by atoms with Crippen molar-refractivity contribution in [2.45, 2.75) is 15.3 Å². The van der Waals surface area contributed by atoms with Crippen molar-refractivity contribution in [2.24, 2.45) is 5.73 Å². The molecule has 9 nitrogen and oxygen atoms in total. The summed E-state index contributed by atoms with van der Waals surface area (Å²) < 4.78 is 51.7. The highest BCUT2D eigenvalue weighted by atomic mass is 32.2. The van der Waals surface area contributed by atoms with Crippen molar-refractivity contribution >= 4 is 31.9 Å². The first kappa shape index (κ1) is 22.7. The van der Waals surface area contributed by atoms with Crippen molar-refractivity contribution in [2.75, 3.05) is 19.1 Å². The van der Waals surface area contributed by atoms with Gasteiger partial charge in [0.1, 0.15) is 5.75 Å². The molecule has 29 heavy (non-hydrogen) atoms. The number of hydrogen-bond acceptors (Lipinski definition) is 9. The summed E-state index contributed by atoms with van der Waals surface area (Å²) in [6, 6.07) is 8.29. The lowest BCUT2D eigenvalue weighted by Crippen LogP contribution is -2.50. The minimum absolute atomic E-state index is 0.0148. The standard InChI is InChI=1S/C18H19NO8S2/c1-28(23,24)14-7-4-13(5-8-14)18(19,11-21)17(22)27-16-9-15(29(2,25)26)6-3-12(16)10-20/h3-10,21H,11,19H2,1-2H3. The van der Waals surface area contributed by atoms with Gasteiger partial charge in [0.15, 0.2) is 31.5 Å². The highest BCUT2D eigenvalue weighted by Crippen LogP contribution is 2.27. The molecule has 0 aliphatic carbocycles. The number of nitrogens with two attached hydrogens (primary N) is 1. The van der Waals surface area contributed by atoms with Gasteiger partial charge in [0.2, 0.25) is 0 Å². The van der Waals surface area contributed by atoms with E-state index in [0.29, 0.717) is 6.29 Å². The van der Waals surface area contributed by atoms with Crippen molar-refractivity contribution in [3.63, 3.8) is 0 Å². The molecule has 2 rings (SSSR count). The predicted octanol–water partition coefficient (Wildman–Crippen LogP) is 0.0580. The summed E-state index contributed by atoms with van der Waals surface area (Å²) in [4.78, 5) is 23.7. The monoisotopic (exact) mass is 441 g/mol. The van der Waals surface area contributed by atoms with Crippen molar-refractivity contribution in [1.82, 2.24) is 0 Å². The number of ether oxygens (including phenoxy) is 1. The molecule has 0 radical (unpaired) electrons. The molecule has 0 bridgehead atoms. The molecule has 0 aliphatic heterocycles. The summed E-state index contributed by atoms with van der Waals surface area (Å²) in [7, 11) is -7.13. The molecule has 1 unspecified atom stereocenters. The third-order valence-electron chi connectivity index (χ3n) is 4.15. The summed E-state index contributed by atoms with van der Waals surface area (Å²) >= 11 is 0. The summed E-state index contributed by atoms with van der Waals surface area (Å²) in [6.45, 7) is -0.897. The maximum Gasteiger partial charge on any atom is 0.338 e. The van der Waals surface area contributed by atoms with Crippen LogP contribution < -0.4 is 10.5 Å². The van der Waals surface area contributed by atoms with Gasteiger partial charge in [0, 0.05) is 18.6 Å². The first-order valence-electron chi connectivity index (χ1n) is 8.05. The Labute approximate surface area is 167 Å². The van der Waals surface area contributed by atoms with Gasteiger partial charge in [-0.3, -0.25) is 4.79 Å². The van der Waals surface area contributed by atoms with E-state index in [4.69, 9.17) is 10.5 Å². The normalized spacial score (nSPS) is 14.1. The number of aliphatic hydroxyl groups is 1. The fourth-order valence-electron chi connectivity index (χ4n) is 2.40. The fraction of sp³-hybridized carbons (Fsp3) is 0.222. The maximum atomic E-state index is 12.7. The molecule has 0 aliphatic rings. The Morgan fingerprint density at radius 3 is 2.00 bits per heavy atom. The second-order valence-electron chi connectivity index (χ2n) is 6.41. The molecule has 0 aromatic heterocycles. The Kier molecular flexibility index (Phi) is 6.28. The van der Waals surface area contributed by atoms with Crippen molar-refractivity contribution in [3.05, 3.63) is 53.6 Å². The molecule has 0 heterocycles. The summed E-state index contributed by atoms with van der Waals surface area (Å²) in [5.41, 5.74) is 3.88. The topological polar surface area (TPSA) is 158 Å². The van der Waals surface area contributed by atoms with Gasteiger partial charge < -0.3 is 15.6 Å². The number of aliphatic hydroxyl groups excluding tert-OH is 1. The smallest absolute Gasteiger partial charge is 0.338 e. The third kappa shape index (κ3) is 4.88. The van der Waals surface area contributed by atoms with Gasteiger partial charge in [-0.05, 0) is 29.8 Å². The molecule has 156 valence electrons. The average Bonchev–Trinajstić information content (AvgIpc) is 2.65. The summed E-state index contributed by atoms with van der Waals surface area (Å²) in [6.07, 6.45) is 2.32. The zero-order chi connectivity index (χ0) is 22.0. The highest BCUT2D eigenvalue weighted by Gasteiger charge is 2.38. The lowest BCUT2D eigenvalue weighted by molar-refractivity contribution is -0.142. The number of carbonyl (C=O) groups excluding carboxylic acids is 2. The van der Waals surface area contributed by atoms with Gasteiger partial charge in [-0.25, -0.2) is 21.6 Å². The number of aldehydes is 1. The van der Waals surface area contributed by atoms with Crippen LogP contribution in [0.1, 0.15) is 15.9 Å². The zero-order valence-electron chi connectivity index (χ0n) is 15.5. The molecule has 0 saturated carbocycles. The second-order valence-corrected chi connectivity index (χ2v) is 10.4. The van der Waals surface area contributed by atoms with Crippen LogP contribution in [0, 0.1) is 0 Å². The van der Waals surface area contributed by atoms with Crippen LogP contribution in [0.4, 0.5) is 0 Å². The van der Waals surface area contributed by atoms with Crippen LogP contribution in [0.2, 0.25) is 0 Å². The Morgan fingerprint density at radius 1 is 1.03 bits per heavy atom. The van der Waals surface area contributed by atoms with E-state index < -0.39 is 37.8 Å². The predicted molar refractivity (Wildman–Crippen MR) is 103 cm³/mol. The van der Waals surface area contributed by atoms with Crippen molar-refractivity contribution in [3.8, 4) is 5.75 Å². The Bertz CT molecular complexity index is 1150. The number of carbonyl (C=O) groups is 2. The van der Waals surface area contributed by atoms with Gasteiger partial charge in [-0.15, -0.1) is 0 Å². The number of hydrogen-bond donors (Lipinski definition) is 2. The first-order valence-corrected chi connectivity index (χ1v) is 11.8. The van der Waals surface area contributed by atoms with Crippen LogP contribution in [0.15, 0.2) is 52.3 Å². The minimum atomic E-state index is -3.64. The molecule has 2 aromatic carbocycles. The Hall–Kier alpha value is -2.60. The van der Waals surface area contributed by atoms with Crippen LogP contribution >= 0.6 is 0 Å². The van der Waals surface area contributed by atoms with Crippen LogP contribution in [-0.2, 0) is 30.0 Å². The first-order chi connectivity index (χ1) is 13.3. The van der Waals surface area contributed by atoms with E-state index in [0.717, 1.165) is 18.6 Å². The van der Waals surface area contributed by atoms with Crippen LogP contribution in [0.5, 0.6) is 5.75 Å². The largest absolute Gasteiger partial charge is 0.424 e. The van der Waals surface area contributed by atoms with Crippen molar-refractivity contribution < 1.29 is 36.3 Å². The molecule has 0 amide bonds. The molecule has 11 heteroatoms. The van der Waals surface area contributed by atoms with Crippen LogP contribution in [0.3, 0.4) is 0 Å². The second kappa shape index (κ2) is 8.03. The van der Waals surface area contributed by atoms with E-state index in [1.165, 1.54) is 36.4 Å². The van der Waals surface area contributed by atoms with Gasteiger partial charge >= 0.3 is 5.97 Å². The van der Waals surface area contributed by atoms with Crippen molar-refractivity contribution in [1.29, 1.82) is 0 Å². The molecule has 2 aromatic rings. The van der Waals surface area contributed by atoms with E-state index >= 15 is 0 Å².